The van der Waals surface area contributed by atoms with Crippen molar-refractivity contribution in [1.29, 1.82) is 0 Å². The molecule has 2 N–H and O–H groups in total. The molecule has 1 atom stereocenters. The van der Waals surface area contributed by atoms with E-state index in [0.29, 0.717) is 13.0 Å². The maximum absolute atomic E-state index is 11.2. The Balaban J connectivity index is 1.76. The van der Waals surface area contributed by atoms with Crippen molar-refractivity contribution in [1.82, 2.24) is 10.1 Å². The first-order valence-electron chi connectivity index (χ1n) is 6.09. The Morgan fingerprint density at radius 2 is 2.53 bits per heavy atom. The molecule has 0 saturated carbocycles. The number of nitrogens with zero attached hydrogens (tertiary/aromatic N) is 2. The Morgan fingerprint density at radius 3 is 3.26 bits per heavy atom. The number of thiazole rings is 1. The Morgan fingerprint density at radius 1 is 1.63 bits per heavy atom. The number of hydrogen-bond donors (Lipinski definition) is 2. The minimum atomic E-state index is -0.783. The number of aromatic nitrogens is 2. The van der Waals surface area contributed by atoms with Crippen LogP contribution in [0.2, 0.25) is 0 Å². The molecule has 0 aliphatic heterocycles. The summed E-state index contributed by atoms with van der Waals surface area (Å²) in [5.41, 5.74) is 1.52. The van der Waals surface area contributed by atoms with Crippen molar-refractivity contribution in [3.63, 3.8) is 0 Å². The number of fused-ring (bicyclic) bond motifs is 1. The molecule has 3 rings (SSSR count). The first-order valence-corrected chi connectivity index (χ1v) is 6.91. The van der Waals surface area contributed by atoms with Crippen LogP contribution >= 0.6 is 11.3 Å². The van der Waals surface area contributed by atoms with Gasteiger partial charge in [-0.1, -0.05) is 5.16 Å². The molecule has 0 saturated heterocycles. The van der Waals surface area contributed by atoms with Gasteiger partial charge in [-0.2, -0.15) is 0 Å². The molecule has 7 heteroatoms. The predicted octanol–water partition coefficient (Wildman–Crippen LogP) is 2.25. The van der Waals surface area contributed by atoms with E-state index in [0.717, 1.165) is 34.2 Å². The molecule has 0 bridgehead atoms. The van der Waals surface area contributed by atoms with E-state index in [1.807, 2.05) is 0 Å². The van der Waals surface area contributed by atoms with Crippen LogP contribution in [0.3, 0.4) is 0 Å². The third-order valence-electron chi connectivity index (χ3n) is 3.16. The summed E-state index contributed by atoms with van der Waals surface area (Å²) in [4.78, 5) is 16.7. The Kier molecular flexibility index (Phi) is 3.20. The zero-order valence-electron chi connectivity index (χ0n) is 10.1. The Hall–Kier alpha value is -1.89. The van der Waals surface area contributed by atoms with Crippen molar-refractivity contribution in [2.75, 3.05) is 5.32 Å². The normalized spacial score (nSPS) is 18.0. The van der Waals surface area contributed by atoms with Crippen LogP contribution in [0.25, 0.3) is 0 Å². The van der Waals surface area contributed by atoms with Gasteiger partial charge < -0.3 is 14.9 Å². The van der Waals surface area contributed by atoms with Gasteiger partial charge in [0.2, 0.25) is 0 Å². The quantitative estimate of drug-likeness (QED) is 0.892. The number of aliphatic carboxylic acids is 1. The first-order chi connectivity index (χ1) is 9.24. The van der Waals surface area contributed by atoms with Crippen LogP contribution in [-0.2, 0) is 17.8 Å². The van der Waals surface area contributed by atoms with Crippen LogP contribution in [0.4, 0.5) is 5.13 Å². The molecule has 0 aromatic carbocycles. The SMILES string of the molecule is O=C(O)C1CCCc2sc(NCc3ccon3)nc21. The van der Waals surface area contributed by atoms with Gasteiger partial charge in [0.15, 0.2) is 5.13 Å². The van der Waals surface area contributed by atoms with Gasteiger partial charge in [0.25, 0.3) is 0 Å². The number of nitrogens with one attached hydrogen (secondary N) is 1. The van der Waals surface area contributed by atoms with E-state index in [9.17, 15) is 9.90 Å². The van der Waals surface area contributed by atoms with Crippen molar-refractivity contribution in [3.05, 3.63) is 28.6 Å². The van der Waals surface area contributed by atoms with E-state index in [1.165, 1.54) is 17.6 Å². The molecule has 0 amide bonds. The summed E-state index contributed by atoms with van der Waals surface area (Å²) < 4.78 is 4.75. The third-order valence-corrected chi connectivity index (χ3v) is 4.25. The second-order valence-corrected chi connectivity index (χ2v) is 5.54. The summed E-state index contributed by atoms with van der Waals surface area (Å²) >= 11 is 1.53. The molecule has 100 valence electrons. The van der Waals surface area contributed by atoms with E-state index in [-0.39, 0.29) is 0 Å². The molecule has 19 heavy (non-hydrogen) atoms. The molecular formula is C12H13N3O3S. The summed E-state index contributed by atoms with van der Waals surface area (Å²) in [6.07, 6.45) is 4.02. The number of carboxylic acid groups (broad SMARTS) is 1. The number of rotatable bonds is 4. The first kappa shape index (κ1) is 12.2. The standard InChI is InChI=1S/C12H13N3O3S/c16-11(17)8-2-1-3-9-10(8)14-12(19-9)13-6-7-4-5-18-15-7/h4-5,8H,1-3,6H2,(H,13,14)(H,16,17). The highest BCUT2D eigenvalue weighted by Gasteiger charge is 2.29. The smallest absolute Gasteiger partial charge is 0.312 e. The molecule has 1 aliphatic rings. The van der Waals surface area contributed by atoms with E-state index in [4.69, 9.17) is 4.52 Å². The Bertz CT molecular complexity index is 579. The van der Waals surface area contributed by atoms with Gasteiger partial charge in [-0.25, -0.2) is 4.98 Å². The van der Waals surface area contributed by atoms with Gasteiger partial charge in [0.05, 0.1) is 12.2 Å². The molecular weight excluding hydrogens is 266 g/mol. The van der Waals surface area contributed by atoms with Crippen molar-refractivity contribution in [2.24, 2.45) is 0 Å². The van der Waals surface area contributed by atoms with Crippen LogP contribution in [0.15, 0.2) is 16.9 Å². The van der Waals surface area contributed by atoms with Crippen LogP contribution in [-0.4, -0.2) is 21.2 Å². The van der Waals surface area contributed by atoms with Gasteiger partial charge in [-0.15, -0.1) is 11.3 Å². The fourth-order valence-electron chi connectivity index (χ4n) is 2.23. The second kappa shape index (κ2) is 5.00. The molecule has 2 aromatic rings. The lowest BCUT2D eigenvalue weighted by Gasteiger charge is -2.16. The molecule has 0 fully saturated rings. The van der Waals surface area contributed by atoms with Gasteiger partial charge in [-0.3, -0.25) is 4.79 Å². The molecule has 0 spiro atoms. The monoisotopic (exact) mass is 279 g/mol. The van der Waals surface area contributed by atoms with Crippen molar-refractivity contribution < 1.29 is 14.4 Å². The van der Waals surface area contributed by atoms with E-state index in [2.05, 4.69) is 15.5 Å². The minimum absolute atomic E-state index is 0.456. The molecule has 2 aromatic heterocycles. The molecule has 6 nitrogen and oxygen atoms in total. The average Bonchev–Trinajstić information content (AvgIpc) is 3.04. The van der Waals surface area contributed by atoms with Gasteiger partial charge in [0.1, 0.15) is 17.9 Å². The number of aryl methyl sites for hydroxylation is 1. The number of hydrogen-bond acceptors (Lipinski definition) is 6. The third kappa shape index (κ3) is 2.46. The fraction of sp³-hybridized carbons (Fsp3) is 0.417. The summed E-state index contributed by atoms with van der Waals surface area (Å²) in [5.74, 6) is -1.24. The minimum Gasteiger partial charge on any atom is -0.481 e. The molecule has 1 aliphatic carbocycles. The highest BCUT2D eigenvalue weighted by Crippen LogP contribution is 2.36. The van der Waals surface area contributed by atoms with Gasteiger partial charge >= 0.3 is 5.97 Å². The zero-order valence-corrected chi connectivity index (χ0v) is 10.9. The summed E-state index contributed by atoms with van der Waals surface area (Å²) in [6.45, 7) is 0.528. The summed E-state index contributed by atoms with van der Waals surface area (Å²) in [6, 6.07) is 1.78. The van der Waals surface area contributed by atoms with E-state index in [1.54, 1.807) is 6.07 Å². The van der Waals surface area contributed by atoms with Crippen LogP contribution in [0.5, 0.6) is 0 Å². The van der Waals surface area contributed by atoms with Gasteiger partial charge in [-0.05, 0) is 19.3 Å². The van der Waals surface area contributed by atoms with Crippen LogP contribution < -0.4 is 5.32 Å². The molecule has 1 unspecified atom stereocenters. The highest BCUT2D eigenvalue weighted by atomic mass is 32.1. The topological polar surface area (TPSA) is 88.2 Å². The lowest BCUT2D eigenvalue weighted by atomic mass is 9.91. The average molecular weight is 279 g/mol. The predicted molar refractivity (Wildman–Crippen MR) is 69.3 cm³/mol. The molecule has 2 heterocycles. The lowest BCUT2D eigenvalue weighted by Crippen LogP contribution is -2.17. The number of anilines is 1. The number of carboxylic acids is 1. The maximum atomic E-state index is 11.2. The summed E-state index contributed by atoms with van der Waals surface area (Å²) in [7, 11) is 0. The fourth-order valence-corrected chi connectivity index (χ4v) is 3.29. The largest absolute Gasteiger partial charge is 0.481 e. The summed E-state index contributed by atoms with van der Waals surface area (Å²) in [5, 5.41) is 16.9. The lowest BCUT2D eigenvalue weighted by molar-refractivity contribution is -0.139. The maximum Gasteiger partial charge on any atom is 0.312 e. The van der Waals surface area contributed by atoms with Crippen molar-refractivity contribution in [3.8, 4) is 0 Å². The molecule has 0 radical (unpaired) electrons. The Labute approximate surface area is 113 Å². The zero-order chi connectivity index (χ0) is 13.2. The van der Waals surface area contributed by atoms with E-state index >= 15 is 0 Å². The van der Waals surface area contributed by atoms with Gasteiger partial charge in [0, 0.05) is 10.9 Å². The number of carbonyl (C=O) groups is 1. The highest BCUT2D eigenvalue weighted by molar-refractivity contribution is 7.15. The second-order valence-electron chi connectivity index (χ2n) is 4.45. The van der Waals surface area contributed by atoms with Crippen LogP contribution in [0.1, 0.15) is 35.0 Å². The van der Waals surface area contributed by atoms with Crippen LogP contribution in [0, 0.1) is 0 Å². The van der Waals surface area contributed by atoms with Crippen molar-refractivity contribution in [2.45, 2.75) is 31.7 Å². The van der Waals surface area contributed by atoms with E-state index < -0.39 is 11.9 Å². The van der Waals surface area contributed by atoms with Crippen molar-refractivity contribution >= 4 is 22.4 Å².